The Morgan fingerprint density at radius 3 is 2.78 bits per heavy atom. The molecule has 0 spiro atoms. The lowest BCUT2D eigenvalue weighted by Gasteiger charge is -2.30. The first-order valence-corrected chi connectivity index (χ1v) is 6.68. The fourth-order valence-electron chi connectivity index (χ4n) is 2.11. The molecular formula is C14H15Cl2NO. The minimum Gasteiger partial charge on any atom is -0.334 e. The summed E-state index contributed by atoms with van der Waals surface area (Å²) < 4.78 is 0. The summed E-state index contributed by atoms with van der Waals surface area (Å²) >= 11 is 12.2. The van der Waals surface area contributed by atoms with E-state index in [1.807, 2.05) is 37.0 Å². The fourth-order valence-corrected chi connectivity index (χ4v) is 2.53. The maximum atomic E-state index is 12.1. The smallest absolute Gasteiger partial charge is 0.249 e. The monoisotopic (exact) mass is 283 g/mol. The van der Waals surface area contributed by atoms with Crippen LogP contribution in [0.2, 0.25) is 10.0 Å². The van der Waals surface area contributed by atoms with Crippen LogP contribution in [-0.2, 0) is 17.8 Å². The summed E-state index contributed by atoms with van der Waals surface area (Å²) in [6.07, 6.45) is 2.66. The van der Waals surface area contributed by atoms with Crippen LogP contribution in [0, 0.1) is 0 Å². The van der Waals surface area contributed by atoms with Gasteiger partial charge in [-0.3, -0.25) is 4.79 Å². The van der Waals surface area contributed by atoms with Crippen molar-refractivity contribution in [1.29, 1.82) is 0 Å². The Hall–Kier alpha value is -0.990. The second-order valence-corrected chi connectivity index (χ2v) is 5.23. The minimum atomic E-state index is 0.0687. The van der Waals surface area contributed by atoms with Gasteiger partial charge >= 0.3 is 0 Å². The van der Waals surface area contributed by atoms with Gasteiger partial charge in [-0.25, -0.2) is 0 Å². The van der Waals surface area contributed by atoms with Crippen molar-refractivity contribution in [3.8, 4) is 0 Å². The number of hydrogen-bond donors (Lipinski definition) is 0. The van der Waals surface area contributed by atoms with E-state index in [-0.39, 0.29) is 5.91 Å². The van der Waals surface area contributed by atoms with Crippen molar-refractivity contribution in [1.82, 2.24) is 4.90 Å². The molecule has 0 bridgehead atoms. The average molecular weight is 284 g/mol. The summed E-state index contributed by atoms with van der Waals surface area (Å²) in [6, 6.07) is 3.81. The van der Waals surface area contributed by atoms with Gasteiger partial charge in [0.25, 0.3) is 0 Å². The Kier molecular flexibility index (Phi) is 3.98. The lowest BCUT2D eigenvalue weighted by Crippen LogP contribution is -2.36. The maximum Gasteiger partial charge on any atom is 0.249 e. The highest BCUT2D eigenvalue weighted by Crippen LogP contribution is 2.32. The zero-order valence-corrected chi connectivity index (χ0v) is 12.0. The summed E-state index contributed by atoms with van der Waals surface area (Å²) in [5.41, 5.74) is 2.93. The maximum absolute atomic E-state index is 12.1. The van der Waals surface area contributed by atoms with Gasteiger partial charge in [0.15, 0.2) is 0 Å². The molecule has 0 aromatic heterocycles. The number of halogens is 2. The second kappa shape index (κ2) is 5.33. The summed E-state index contributed by atoms with van der Waals surface area (Å²) in [5, 5.41) is 1.12. The third-order valence-corrected chi connectivity index (χ3v) is 4.19. The van der Waals surface area contributed by atoms with Crippen molar-refractivity contribution in [2.24, 2.45) is 0 Å². The van der Waals surface area contributed by atoms with Crippen LogP contribution < -0.4 is 0 Å². The molecule has 1 heterocycles. The average Bonchev–Trinajstić information content (AvgIpc) is 2.41. The first-order chi connectivity index (χ1) is 8.54. The highest BCUT2D eigenvalue weighted by Gasteiger charge is 2.23. The van der Waals surface area contributed by atoms with E-state index in [1.54, 1.807) is 0 Å². The molecule has 4 heteroatoms. The topological polar surface area (TPSA) is 20.3 Å². The number of allylic oxidation sites excluding steroid dienone is 1. The largest absolute Gasteiger partial charge is 0.334 e. The molecule has 96 valence electrons. The fraction of sp³-hybridized carbons (Fsp3) is 0.357. The second-order valence-electron chi connectivity index (χ2n) is 4.45. The van der Waals surface area contributed by atoms with Gasteiger partial charge in [0.2, 0.25) is 5.91 Å². The molecular weight excluding hydrogens is 269 g/mol. The van der Waals surface area contributed by atoms with Crippen LogP contribution in [0.15, 0.2) is 23.8 Å². The summed E-state index contributed by atoms with van der Waals surface area (Å²) in [7, 11) is 0. The van der Waals surface area contributed by atoms with Gasteiger partial charge < -0.3 is 4.90 Å². The van der Waals surface area contributed by atoms with E-state index >= 15 is 0 Å². The lowest BCUT2D eigenvalue weighted by molar-refractivity contribution is -0.128. The summed E-state index contributed by atoms with van der Waals surface area (Å²) in [4.78, 5) is 13.9. The number of amides is 1. The molecule has 0 aliphatic carbocycles. The molecule has 0 saturated heterocycles. The number of carbonyl (C=O) groups excluding carboxylic acids is 1. The van der Waals surface area contributed by atoms with Crippen molar-refractivity contribution in [2.45, 2.75) is 26.8 Å². The predicted octanol–water partition coefficient (Wildman–Crippen LogP) is 3.84. The molecule has 0 unspecified atom stereocenters. The van der Waals surface area contributed by atoms with E-state index in [0.717, 1.165) is 24.1 Å². The normalized spacial score (nSPS) is 15.6. The predicted molar refractivity (Wildman–Crippen MR) is 75.0 cm³/mol. The Bertz CT molecular complexity index is 523. The molecule has 0 radical (unpaired) electrons. The van der Waals surface area contributed by atoms with Gasteiger partial charge in [-0.2, -0.15) is 0 Å². The molecule has 18 heavy (non-hydrogen) atoms. The Morgan fingerprint density at radius 2 is 2.11 bits per heavy atom. The quantitative estimate of drug-likeness (QED) is 0.717. The van der Waals surface area contributed by atoms with Crippen LogP contribution >= 0.6 is 23.2 Å². The molecule has 1 amide bonds. The van der Waals surface area contributed by atoms with Crippen molar-refractivity contribution in [3.05, 3.63) is 45.0 Å². The van der Waals surface area contributed by atoms with E-state index in [9.17, 15) is 4.79 Å². The molecule has 1 aromatic carbocycles. The SMILES string of the molecule is C/C=C(\C)C(=O)N1CCc2ccc(Cl)c(Cl)c2C1. The minimum absolute atomic E-state index is 0.0687. The third-order valence-electron chi connectivity index (χ3n) is 3.35. The Morgan fingerprint density at radius 1 is 1.39 bits per heavy atom. The standard InChI is InChI=1S/C14H15Cl2NO/c1-3-9(2)14(18)17-7-6-10-4-5-12(15)13(16)11(10)8-17/h3-5H,6-8H2,1-2H3/b9-3+. The summed E-state index contributed by atoms with van der Waals surface area (Å²) in [5.74, 6) is 0.0687. The molecule has 1 aliphatic rings. The number of carbonyl (C=O) groups is 1. The number of hydrogen-bond acceptors (Lipinski definition) is 1. The van der Waals surface area contributed by atoms with Crippen molar-refractivity contribution in [2.75, 3.05) is 6.54 Å². The highest BCUT2D eigenvalue weighted by molar-refractivity contribution is 6.42. The van der Waals surface area contributed by atoms with Gasteiger partial charge in [0, 0.05) is 18.7 Å². The zero-order chi connectivity index (χ0) is 13.3. The Labute approximate surface area is 117 Å². The zero-order valence-electron chi connectivity index (χ0n) is 10.5. The van der Waals surface area contributed by atoms with E-state index < -0.39 is 0 Å². The number of fused-ring (bicyclic) bond motifs is 1. The van der Waals surface area contributed by atoms with Crippen LogP contribution in [-0.4, -0.2) is 17.4 Å². The van der Waals surface area contributed by atoms with Gasteiger partial charge in [0.1, 0.15) is 0 Å². The number of benzene rings is 1. The Balaban J connectivity index is 2.30. The van der Waals surface area contributed by atoms with Crippen molar-refractivity contribution >= 4 is 29.1 Å². The van der Waals surface area contributed by atoms with Gasteiger partial charge in [0.05, 0.1) is 10.0 Å². The lowest BCUT2D eigenvalue weighted by atomic mass is 9.99. The van der Waals surface area contributed by atoms with Gasteiger partial charge in [-0.1, -0.05) is 35.3 Å². The molecule has 0 fully saturated rings. The first kappa shape index (κ1) is 13.4. The highest BCUT2D eigenvalue weighted by atomic mass is 35.5. The van der Waals surface area contributed by atoms with Crippen LogP contribution in [0.5, 0.6) is 0 Å². The molecule has 1 aliphatic heterocycles. The molecule has 1 aromatic rings. The third kappa shape index (κ3) is 2.40. The van der Waals surface area contributed by atoms with E-state index in [2.05, 4.69) is 0 Å². The van der Waals surface area contributed by atoms with Crippen molar-refractivity contribution in [3.63, 3.8) is 0 Å². The van der Waals surface area contributed by atoms with Crippen LogP contribution in [0.25, 0.3) is 0 Å². The number of nitrogens with zero attached hydrogens (tertiary/aromatic N) is 1. The van der Waals surface area contributed by atoms with Crippen LogP contribution in [0.4, 0.5) is 0 Å². The molecule has 0 saturated carbocycles. The molecule has 0 N–H and O–H groups in total. The molecule has 0 atom stereocenters. The van der Waals surface area contributed by atoms with E-state index in [0.29, 0.717) is 16.6 Å². The van der Waals surface area contributed by atoms with Gasteiger partial charge in [-0.15, -0.1) is 0 Å². The van der Waals surface area contributed by atoms with Crippen LogP contribution in [0.3, 0.4) is 0 Å². The molecule has 2 rings (SSSR count). The molecule has 2 nitrogen and oxygen atoms in total. The van der Waals surface area contributed by atoms with Gasteiger partial charge in [-0.05, 0) is 37.5 Å². The van der Waals surface area contributed by atoms with Crippen molar-refractivity contribution < 1.29 is 4.79 Å². The number of rotatable bonds is 1. The summed E-state index contributed by atoms with van der Waals surface area (Å²) in [6.45, 7) is 4.97. The first-order valence-electron chi connectivity index (χ1n) is 5.92. The van der Waals surface area contributed by atoms with E-state index in [1.165, 1.54) is 5.56 Å². The van der Waals surface area contributed by atoms with Crippen LogP contribution in [0.1, 0.15) is 25.0 Å². The van der Waals surface area contributed by atoms with E-state index in [4.69, 9.17) is 23.2 Å².